The first kappa shape index (κ1) is 23.3. The highest BCUT2D eigenvalue weighted by atomic mass is 32.2. The fourth-order valence-corrected chi connectivity index (χ4v) is 5.37. The van der Waals surface area contributed by atoms with E-state index in [0.717, 1.165) is 43.4 Å². The van der Waals surface area contributed by atoms with Crippen LogP contribution in [0.1, 0.15) is 45.4 Å². The summed E-state index contributed by atoms with van der Waals surface area (Å²) in [7, 11) is 0. The third-order valence-electron chi connectivity index (χ3n) is 5.69. The van der Waals surface area contributed by atoms with Crippen LogP contribution in [0.25, 0.3) is 10.7 Å². The first-order valence-electron chi connectivity index (χ1n) is 11.0. The lowest BCUT2D eigenvalue weighted by Crippen LogP contribution is -2.46. The van der Waals surface area contributed by atoms with Crippen LogP contribution in [-0.4, -0.2) is 42.4 Å². The number of thioether (sulfide) groups is 1. The highest BCUT2D eigenvalue weighted by Crippen LogP contribution is 2.31. The maximum Gasteiger partial charge on any atom is 0.330 e. The van der Waals surface area contributed by atoms with Crippen molar-refractivity contribution < 1.29 is 4.79 Å². The van der Waals surface area contributed by atoms with Crippen molar-refractivity contribution >= 4 is 40.5 Å². The molecule has 1 amide bonds. The molecule has 0 saturated heterocycles. The van der Waals surface area contributed by atoms with E-state index in [9.17, 15) is 14.4 Å². The van der Waals surface area contributed by atoms with Gasteiger partial charge < -0.3 is 10.6 Å². The Bertz CT molecular complexity index is 1210. The number of hydrogen-bond acceptors (Lipinski definition) is 8. The number of carbonyl (C=O) groups excluding carboxylic acids is 1. The van der Waals surface area contributed by atoms with Crippen molar-refractivity contribution in [3.05, 3.63) is 38.4 Å². The van der Waals surface area contributed by atoms with E-state index >= 15 is 0 Å². The SMILES string of the molecule is CCCCn1c(N)c(N(C(=O)CSc2n[nH]c(-c3cccs3)n2)C2CCCC2)c(=O)[nH]c1=O. The van der Waals surface area contributed by atoms with E-state index in [-0.39, 0.29) is 29.2 Å². The molecule has 0 unspecified atom stereocenters. The van der Waals surface area contributed by atoms with Gasteiger partial charge in [0.15, 0.2) is 11.5 Å². The van der Waals surface area contributed by atoms with Gasteiger partial charge in [-0.3, -0.25) is 24.2 Å². The molecule has 33 heavy (non-hydrogen) atoms. The Morgan fingerprint density at radius 1 is 1.36 bits per heavy atom. The molecule has 12 heteroatoms. The number of anilines is 2. The molecule has 0 radical (unpaired) electrons. The Morgan fingerprint density at radius 3 is 2.85 bits per heavy atom. The van der Waals surface area contributed by atoms with E-state index in [2.05, 4.69) is 20.2 Å². The zero-order valence-electron chi connectivity index (χ0n) is 18.4. The van der Waals surface area contributed by atoms with E-state index in [1.54, 1.807) is 11.3 Å². The summed E-state index contributed by atoms with van der Waals surface area (Å²) in [4.78, 5) is 47.8. The van der Waals surface area contributed by atoms with Crippen LogP contribution in [0, 0.1) is 0 Å². The molecule has 0 atom stereocenters. The zero-order valence-corrected chi connectivity index (χ0v) is 20.0. The average Bonchev–Trinajstić information content (AvgIpc) is 3.56. The second-order valence-corrected chi connectivity index (χ2v) is 9.82. The molecule has 1 aliphatic rings. The van der Waals surface area contributed by atoms with E-state index in [4.69, 9.17) is 5.73 Å². The maximum absolute atomic E-state index is 13.4. The molecule has 3 aromatic rings. The summed E-state index contributed by atoms with van der Waals surface area (Å²) in [6.07, 6.45) is 5.12. The predicted octanol–water partition coefficient (Wildman–Crippen LogP) is 2.83. The number of nitrogens with zero attached hydrogens (tertiary/aromatic N) is 4. The molecule has 1 aliphatic carbocycles. The molecule has 4 rings (SSSR count). The zero-order chi connectivity index (χ0) is 23.4. The molecule has 176 valence electrons. The van der Waals surface area contributed by atoms with Gasteiger partial charge in [-0.15, -0.1) is 16.4 Å². The number of thiophene rings is 1. The summed E-state index contributed by atoms with van der Waals surface area (Å²) in [5.74, 6) is 0.481. The van der Waals surface area contributed by atoms with Crippen molar-refractivity contribution in [1.29, 1.82) is 0 Å². The van der Waals surface area contributed by atoms with Gasteiger partial charge in [0.05, 0.1) is 10.6 Å². The average molecular weight is 490 g/mol. The number of nitrogens with two attached hydrogens (primary N) is 1. The number of H-pyrrole nitrogens is 2. The summed E-state index contributed by atoms with van der Waals surface area (Å²) in [6.45, 7) is 2.39. The van der Waals surface area contributed by atoms with Gasteiger partial charge in [-0.05, 0) is 30.7 Å². The molecule has 10 nitrogen and oxygen atoms in total. The van der Waals surface area contributed by atoms with Crippen molar-refractivity contribution in [3.8, 4) is 10.7 Å². The van der Waals surface area contributed by atoms with Gasteiger partial charge in [0.25, 0.3) is 5.56 Å². The summed E-state index contributed by atoms with van der Waals surface area (Å²) in [5, 5.41) is 9.49. The summed E-state index contributed by atoms with van der Waals surface area (Å²) >= 11 is 2.75. The van der Waals surface area contributed by atoms with E-state index < -0.39 is 11.2 Å². The highest BCUT2D eigenvalue weighted by Gasteiger charge is 2.32. The first-order chi connectivity index (χ1) is 16.0. The maximum atomic E-state index is 13.4. The molecule has 0 spiro atoms. The standard InChI is InChI=1S/C21H27N7O3S2/c1-2-3-10-27-17(22)16(19(30)24-21(27)31)28(13-7-4-5-8-13)15(29)12-33-20-23-18(25-26-20)14-9-6-11-32-14/h6,9,11,13H,2-5,7-8,10,12,22H2,1H3,(H,23,25,26)(H,24,30,31). The Balaban J connectivity index is 1.60. The molecule has 1 saturated carbocycles. The van der Waals surface area contributed by atoms with Crippen molar-refractivity contribution in [3.63, 3.8) is 0 Å². The molecule has 1 fully saturated rings. The lowest BCUT2D eigenvalue weighted by Gasteiger charge is -2.29. The number of amides is 1. The number of rotatable bonds is 9. The number of unbranched alkanes of at least 4 members (excludes halogenated alkanes) is 1. The van der Waals surface area contributed by atoms with E-state index in [1.165, 1.54) is 21.2 Å². The van der Waals surface area contributed by atoms with Crippen LogP contribution in [0.3, 0.4) is 0 Å². The summed E-state index contributed by atoms with van der Waals surface area (Å²) in [6, 6.07) is 3.74. The fourth-order valence-electron chi connectivity index (χ4n) is 4.05. The largest absolute Gasteiger partial charge is 0.383 e. The minimum Gasteiger partial charge on any atom is -0.383 e. The molecule has 4 N–H and O–H groups in total. The van der Waals surface area contributed by atoms with Gasteiger partial charge in [0.1, 0.15) is 5.82 Å². The van der Waals surface area contributed by atoms with Gasteiger partial charge in [-0.1, -0.05) is 44.0 Å². The smallest absolute Gasteiger partial charge is 0.330 e. The summed E-state index contributed by atoms with van der Waals surface area (Å²) < 4.78 is 1.35. The third kappa shape index (κ3) is 5.06. The Morgan fingerprint density at radius 2 is 2.15 bits per heavy atom. The number of aromatic amines is 2. The van der Waals surface area contributed by atoms with Gasteiger partial charge in [-0.25, -0.2) is 9.78 Å². The van der Waals surface area contributed by atoms with Crippen LogP contribution < -0.4 is 21.9 Å². The second-order valence-electron chi connectivity index (χ2n) is 7.93. The van der Waals surface area contributed by atoms with Crippen LogP contribution in [0.5, 0.6) is 0 Å². The number of carbonyl (C=O) groups is 1. The third-order valence-corrected chi connectivity index (χ3v) is 7.40. The number of nitrogen functional groups attached to an aromatic ring is 1. The van der Waals surface area contributed by atoms with Crippen LogP contribution in [-0.2, 0) is 11.3 Å². The molecule has 0 aliphatic heterocycles. The lowest BCUT2D eigenvalue weighted by atomic mass is 10.2. The summed E-state index contributed by atoms with van der Waals surface area (Å²) in [5.41, 5.74) is 5.20. The lowest BCUT2D eigenvalue weighted by molar-refractivity contribution is -0.116. The molecular formula is C21H27N7O3S2. The minimum absolute atomic E-state index is 0.0420. The Kier molecular flexibility index (Phi) is 7.33. The fraction of sp³-hybridized carbons (Fsp3) is 0.476. The van der Waals surface area contributed by atoms with Gasteiger partial charge in [0.2, 0.25) is 11.1 Å². The molecule has 3 aromatic heterocycles. The van der Waals surface area contributed by atoms with Crippen LogP contribution in [0.4, 0.5) is 11.5 Å². The van der Waals surface area contributed by atoms with Crippen LogP contribution in [0.15, 0.2) is 32.3 Å². The topological polar surface area (TPSA) is 143 Å². The quantitative estimate of drug-likeness (QED) is 0.392. The molecule has 0 bridgehead atoms. The monoisotopic (exact) mass is 489 g/mol. The van der Waals surface area contributed by atoms with Crippen molar-refractivity contribution in [1.82, 2.24) is 24.7 Å². The predicted molar refractivity (Wildman–Crippen MR) is 131 cm³/mol. The first-order valence-corrected chi connectivity index (χ1v) is 12.9. The molecular weight excluding hydrogens is 462 g/mol. The normalized spacial score (nSPS) is 14.1. The Labute approximate surface area is 198 Å². The highest BCUT2D eigenvalue weighted by molar-refractivity contribution is 7.99. The minimum atomic E-state index is -0.631. The van der Waals surface area contributed by atoms with Gasteiger partial charge >= 0.3 is 5.69 Å². The van der Waals surface area contributed by atoms with Crippen molar-refractivity contribution in [2.75, 3.05) is 16.4 Å². The van der Waals surface area contributed by atoms with Gasteiger partial charge in [0, 0.05) is 12.6 Å². The number of hydrogen-bond donors (Lipinski definition) is 3. The molecule has 3 heterocycles. The number of nitrogens with one attached hydrogen (secondary N) is 2. The second kappa shape index (κ2) is 10.4. The van der Waals surface area contributed by atoms with Crippen molar-refractivity contribution in [2.24, 2.45) is 0 Å². The molecule has 0 aromatic carbocycles. The van der Waals surface area contributed by atoms with Crippen molar-refractivity contribution in [2.45, 2.75) is 63.2 Å². The van der Waals surface area contributed by atoms with E-state index in [1.807, 2.05) is 24.4 Å². The Hall–Kier alpha value is -2.86. The van der Waals surface area contributed by atoms with Gasteiger partial charge in [-0.2, -0.15) is 0 Å². The van der Waals surface area contributed by atoms with Crippen LogP contribution in [0.2, 0.25) is 0 Å². The van der Waals surface area contributed by atoms with E-state index in [0.29, 0.717) is 17.5 Å². The van der Waals surface area contributed by atoms with Crippen LogP contribution >= 0.6 is 23.1 Å². The number of aromatic nitrogens is 5.